The van der Waals surface area contributed by atoms with Crippen LogP contribution in [0.3, 0.4) is 0 Å². The zero-order valence-electron chi connectivity index (χ0n) is 10.1. The molecule has 1 atom stereocenters. The Morgan fingerprint density at radius 3 is 3.06 bits per heavy atom. The first-order valence-corrected chi connectivity index (χ1v) is 6.03. The van der Waals surface area contributed by atoms with E-state index >= 15 is 0 Å². The molecule has 0 bridgehead atoms. The van der Waals surface area contributed by atoms with E-state index in [0.717, 1.165) is 18.9 Å². The first-order valence-electron chi connectivity index (χ1n) is 6.03. The van der Waals surface area contributed by atoms with Crippen LogP contribution < -0.4 is 10.6 Å². The quantitative estimate of drug-likeness (QED) is 0.831. The number of anilines is 1. The number of likely N-dealkylation sites (N-methyl/N-ethyl adjacent to an activating group) is 1. The number of nitrogens with two attached hydrogens (primary N) is 1. The second kappa shape index (κ2) is 4.78. The smallest absolute Gasteiger partial charge is 0.225 e. The molecule has 0 amide bonds. The maximum Gasteiger partial charge on any atom is 0.225 e. The molecule has 1 aliphatic rings. The molecule has 0 aliphatic heterocycles. The van der Waals surface area contributed by atoms with Crippen LogP contribution in [0.2, 0.25) is 0 Å². The molecule has 0 saturated heterocycles. The molecular weight excluding hydrogens is 200 g/mol. The van der Waals surface area contributed by atoms with Gasteiger partial charge in [-0.05, 0) is 24.8 Å². The van der Waals surface area contributed by atoms with Gasteiger partial charge in [0.25, 0.3) is 0 Å². The summed E-state index contributed by atoms with van der Waals surface area (Å²) in [6, 6.07) is 0. The van der Waals surface area contributed by atoms with Gasteiger partial charge < -0.3 is 10.6 Å². The zero-order valence-corrected chi connectivity index (χ0v) is 10.1. The van der Waals surface area contributed by atoms with Crippen LogP contribution in [0, 0.1) is 0 Å². The molecule has 0 saturated carbocycles. The zero-order chi connectivity index (χ0) is 11.5. The van der Waals surface area contributed by atoms with E-state index in [1.807, 2.05) is 18.1 Å². The number of hydrogen-bond donors (Lipinski definition) is 1. The normalized spacial score (nSPS) is 18.6. The summed E-state index contributed by atoms with van der Waals surface area (Å²) in [4.78, 5) is 11.1. The summed E-state index contributed by atoms with van der Waals surface area (Å²) >= 11 is 0. The molecule has 16 heavy (non-hydrogen) atoms. The summed E-state index contributed by atoms with van der Waals surface area (Å²) in [7, 11) is 1.99. The lowest BCUT2D eigenvalue weighted by Gasteiger charge is -2.17. The SMILES string of the molecule is CCC1CCc2cnc(N(C)CCN)nc21. The Bertz CT molecular complexity index is 364. The molecule has 1 unspecified atom stereocenters. The molecule has 1 heterocycles. The van der Waals surface area contributed by atoms with Gasteiger partial charge in [-0.25, -0.2) is 9.97 Å². The molecule has 4 nitrogen and oxygen atoms in total. The predicted octanol–water partition coefficient (Wildman–Crippen LogP) is 1.31. The van der Waals surface area contributed by atoms with E-state index in [0.29, 0.717) is 12.5 Å². The molecule has 2 rings (SSSR count). The van der Waals surface area contributed by atoms with E-state index in [1.54, 1.807) is 0 Å². The Hall–Kier alpha value is -1.16. The maximum absolute atomic E-state index is 5.54. The molecule has 0 aromatic carbocycles. The van der Waals surface area contributed by atoms with Crippen LogP contribution in [0.25, 0.3) is 0 Å². The van der Waals surface area contributed by atoms with Crippen molar-refractivity contribution < 1.29 is 0 Å². The molecule has 1 aliphatic carbocycles. The number of hydrogen-bond acceptors (Lipinski definition) is 4. The van der Waals surface area contributed by atoms with Gasteiger partial charge in [-0.1, -0.05) is 6.92 Å². The molecule has 0 spiro atoms. The molecular formula is C12H20N4. The highest BCUT2D eigenvalue weighted by molar-refractivity contribution is 5.36. The minimum Gasteiger partial charge on any atom is -0.343 e. The highest BCUT2D eigenvalue weighted by Gasteiger charge is 2.23. The molecule has 88 valence electrons. The van der Waals surface area contributed by atoms with E-state index in [-0.39, 0.29) is 0 Å². The second-order valence-corrected chi connectivity index (χ2v) is 4.43. The van der Waals surface area contributed by atoms with Gasteiger partial charge in [-0.15, -0.1) is 0 Å². The van der Waals surface area contributed by atoms with Crippen LogP contribution in [-0.2, 0) is 6.42 Å². The molecule has 0 fully saturated rings. The van der Waals surface area contributed by atoms with Gasteiger partial charge in [-0.3, -0.25) is 0 Å². The molecule has 1 aromatic rings. The standard InChI is InChI=1S/C12H20N4/c1-3-9-4-5-10-8-14-12(15-11(9)10)16(2)7-6-13/h8-9H,3-7,13H2,1-2H3. The molecule has 4 heteroatoms. The van der Waals surface area contributed by atoms with E-state index in [1.165, 1.54) is 24.1 Å². The number of aryl methyl sites for hydroxylation is 1. The highest BCUT2D eigenvalue weighted by atomic mass is 15.2. The summed E-state index contributed by atoms with van der Waals surface area (Å²) in [6.07, 6.45) is 5.52. The number of rotatable bonds is 4. The van der Waals surface area contributed by atoms with Crippen molar-refractivity contribution in [2.24, 2.45) is 5.73 Å². The number of nitrogens with zero attached hydrogens (tertiary/aromatic N) is 3. The Kier molecular flexibility index (Phi) is 3.39. The van der Waals surface area contributed by atoms with Gasteiger partial charge in [0.1, 0.15) is 0 Å². The van der Waals surface area contributed by atoms with Crippen molar-refractivity contribution in [3.8, 4) is 0 Å². The lowest BCUT2D eigenvalue weighted by Crippen LogP contribution is -2.27. The van der Waals surface area contributed by atoms with Crippen molar-refractivity contribution in [1.82, 2.24) is 9.97 Å². The van der Waals surface area contributed by atoms with Crippen molar-refractivity contribution in [1.29, 1.82) is 0 Å². The van der Waals surface area contributed by atoms with Gasteiger partial charge in [0, 0.05) is 32.3 Å². The molecule has 0 radical (unpaired) electrons. The third-order valence-corrected chi connectivity index (χ3v) is 3.33. The second-order valence-electron chi connectivity index (χ2n) is 4.43. The van der Waals surface area contributed by atoms with Crippen LogP contribution in [0.5, 0.6) is 0 Å². The first kappa shape index (κ1) is 11.3. The van der Waals surface area contributed by atoms with Gasteiger partial charge in [0.15, 0.2) is 0 Å². The minimum absolute atomic E-state index is 0.628. The maximum atomic E-state index is 5.54. The largest absolute Gasteiger partial charge is 0.343 e. The molecule has 2 N–H and O–H groups in total. The van der Waals surface area contributed by atoms with Crippen LogP contribution in [0.15, 0.2) is 6.20 Å². The summed E-state index contributed by atoms with van der Waals surface area (Å²) in [5.74, 6) is 1.44. The van der Waals surface area contributed by atoms with E-state index < -0.39 is 0 Å². The fourth-order valence-electron chi connectivity index (χ4n) is 2.30. The van der Waals surface area contributed by atoms with Crippen molar-refractivity contribution in [3.63, 3.8) is 0 Å². The number of aromatic nitrogens is 2. The van der Waals surface area contributed by atoms with Gasteiger partial charge in [0.05, 0.1) is 5.69 Å². The van der Waals surface area contributed by atoms with E-state index in [2.05, 4.69) is 16.9 Å². The summed E-state index contributed by atoms with van der Waals surface area (Å²) < 4.78 is 0. The summed E-state index contributed by atoms with van der Waals surface area (Å²) in [5.41, 5.74) is 8.13. The lowest BCUT2D eigenvalue weighted by atomic mass is 10.0. The van der Waals surface area contributed by atoms with Crippen LogP contribution in [0.4, 0.5) is 5.95 Å². The van der Waals surface area contributed by atoms with E-state index in [9.17, 15) is 0 Å². The van der Waals surface area contributed by atoms with Crippen molar-refractivity contribution in [2.75, 3.05) is 25.0 Å². The van der Waals surface area contributed by atoms with Crippen molar-refractivity contribution in [3.05, 3.63) is 17.5 Å². The first-order chi connectivity index (χ1) is 7.76. The fraction of sp³-hybridized carbons (Fsp3) is 0.667. The molecule has 1 aromatic heterocycles. The average molecular weight is 220 g/mol. The predicted molar refractivity (Wildman–Crippen MR) is 65.7 cm³/mol. The minimum atomic E-state index is 0.628. The van der Waals surface area contributed by atoms with Gasteiger partial charge in [-0.2, -0.15) is 0 Å². The fourth-order valence-corrected chi connectivity index (χ4v) is 2.30. The third-order valence-electron chi connectivity index (χ3n) is 3.33. The van der Waals surface area contributed by atoms with Gasteiger partial charge >= 0.3 is 0 Å². The van der Waals surface area contributed by atoms with Crippen molar-refractivity contribution in [2.45, 2.75) is 32.1 Å². The Morgan fingerprint density at radius 2 is 2.38 bits per heavy atom. The van der Waals surface area contributed by atoms with Crippen LogP contribution >= 0.6 is 0 Å². The summed E-state index contributed by atoms with van der Waals surface area (Å²) in [5, 5.41) is 0. The Morgan fingerprint density at radius 1 is 1.56 bits per heavy atom. The highest BCUT2D eigenvalue weighted by Crippen LogP contribution is 2.33. The Labute approximate surface area is 96.9 Å². The monoisotopic (exact) mass is 220 g/mol. The van der Waals surface area contributed by atoms with Crippen LogP contribution in [-0.4, -0.2) is 30.1 Å². The topological polar surface area (TPSA) is 55.0 Å². The Balaban J connectivity index is 2.24. The average Bonchev–Trinajstić information content (AvgIpc) is 2.71. The van der Waals surface area contributed by atoms with Crippen LogP contribution in [0.1, 0.15) is 36.9 Å². The lowest BCUT2D eigenvalue weighted by molar-refractivity contribution is 0.641. The summed E-state index contributed by atoms with van der Waals surface area (Å²) in [6.45, 7) is 3.66. The third kappa shape index (κ3) is 2.02. The van der Waals surface area contributed by atoms with Crippen molar-refractivity contribution >= 4 is 5.95 Å². The number of fused-ring (bicyclic) bond motifs is 1. The van der Waals surface area contributed by atoms with Gasteiger partial charge in [0.2, 0.25) is 5.95 Å². The van der Waals surface area contributed by atoms with E-state index in [4.69, 9.17) is 5.73 Å².